The van der Waals surface area contributed by atoms with Crippen LogP contribution >= 0.6 is 0 Å². The van der Waals surface area contributed by atoms with E-state index in [-0.39, 0.29) is 0 Å². The molecule has 0 aliphatic rings. The lowest BCUT2D eigenvalue weighted by Gasteiger charge is -2.22. The van der Waals surface area contributed by atoms with Gasteiger partial charge in [0.25, 0.3) is 0 Å². The van der Waals surface area contributed by atoms with Gasteiger partial charge in [-0.25, -0.2) is 0 Å². The molecular weight excluding hydrogens is 248 g/mol. The van der Waals surface area contributed by atoms with Crippen molar-refractivity contribution in [1.29, 1.82) is 0 Å². The second-order valence-corrected chi connectivity index (χ2v) is 4.92. The Labute approximate surface area is 121 Å². The zero-order chi connectivity index (χ0) is 14.5. The predicted octanol–water partition coefficient (Wildman–Crippen LogP) is 4.13. The molecule has 0 aliphatic carbocycles. The highest BCUT2D eigenvalue weighted by Gasteiger charge is 2.09. The molecule has 0 radical (unpaired) electrons. The molecular formula is C17H22N2O. The van der Waals surface area contributed by atoms with Crippen LogP contribution in [0.4, 0.5) is 17.1 Å². The molecule has 0 unspecified atom stereocenters. The van der Waals surface area contributed by atoms with Gasteiger partial charge in [0.05, 0.1) is 12.3 Å². The van der Waals surface area contributed by atoms with Gasteiger partial charge < -0.3 is 15.4 Å². The lowest BCUT2D eigenvalue weighted by Crippen LogP contribution is -2.11. The topological polar surface area (TPSA) is 38.5 Å². The highest BCUT2D eigenvalue weighted by atomic mass is 16.5. The Morgan fingerprint density at radius 3 is 2.60 bits per heavy atom. The van der Waals surface area contributed by atoms with Crippen LogP contribution in [0.1, 0.15) is 18.9 Å². The second-order valence-electron chi connectivity index (χ2n) is 4.92. The fourth-order valence-corrected chi connectivity index (χ4v) is 2.15. The van der Waals surface area contributed by atoms with E-state index in [2.05, 4.69) is 37.9 Å². The molecule has 0 aliphatic heterocycles. The number of benzene rings is 2. The third-order valence-corrected chi connectivity index (χ3v) is 3.32. The summed E-state index contributed by atoms with van der Waals surface area (Å²) in [6, 6.07) is 14.2. The van der Waals surface area contributed by atoms with Crippen LogP contribution < -0.4 is 15.4 Å². The average molecular weight is 270 g/mol. The maximum absolute atomic E-state index is 5.96. The summed E-state index contributed by atoms with van der Waals surface area (Å²) in [5.74, 6) is 0.754. The number of anilines is 3. The first-order chi connectivity index (χ1) is 9.63. The van der Waals surface area contributed by atoms with E-state index in [4.69, 9.17) is 10.5 Å². The predicted molar refractivity (Wildman–Crippen MR) is 85.9 cm³/mol. The van der Waals surface area contributed by atoms with E-state index >= 15 is 0 Å². The standard InChI is InChI=1S/C17H22N2O/c1-4-11-20-17-12-14(9-10-15(17)18)19(3)16-8-6-5-7-13(16)2/h5-10,12H,4,11,18H2,1-3H3. The molecule has 2 N–H and O–H groups in total. The number of hydrogen-bond acceptors (Lipinski definition) is 3. The summed E-state index contributed by atoms with van der Waals surface area (Å²) < 4.78 is 5.69. The first kappa shape index (κ1) is 14.3. The van der Waals surface area contributed by atoms with Crippen LogP contribution in [0.25, 0.3) is 0 Å². The summed E-state index contributed by atoms with van der Waals surface area (Å²) in [4.78, 5) is 2.15. The van der Waals surface area contributed by atoms with Gasteiger partial charge in [0.1, 0.15) is 5.75 Å². The molecule has 0 spiro atoms. The number of aryl methyl sites for hydroxylation is 1. The summed E-state index contributed by atoms with van der Waals surface area (Å²) >= 11 is 0. The van der Waals surface area contributed by atoms with Crippen molar-refractivity contribution in [2.75, 3.05) is 24.3 Å². The SMILES string of the molecule is CCCOc1cc(N(C)c2ccccc2C)ccc1N. The monoisotopic (exact) mass is 270 g/mol. The van der Waals surface area contributed by atoms with Crippen molar-refractivity contribution >= 4 is 17.1 Å². The maximum atomic E-state index is 5.96. The smallest absolute Gasteiger partial charge is 0.144 e. The van der Waals surface area contributed by atoms with Crippen molar-refractivity contribution in [3.63, 3.8) is 0 Å². The largest absolute Gasteiger partial charge is 0.491 e. The Hall–Kier alpha value is -2.16. The van der Waals surface area contributed by atoms with Gasteiger partial charge in [-0.2, -0.15) is 0 Å². The van der Waals surface area contributed by atoms with Crippen molar-refractivity contribution in [2.45, 2.75) is 20.3 Å². The van der Waals surface area contributed by atoms with E-state index in [1.165, 1.54) is 11.3 Å². The fraction of sp³-hybridized carbons (Fsp3) is 0.294. The molecule has 106 valence electrons. The Morgan fingerprint density at radius 1 is 1.15 bits per heavy atom. The number of nitrogen functional groups attached to an aromatic ring is 1. The molecule has 2 aromatic carbocycles. The zero-order valence-electron chi connectivity index (χ0n) is 12.4. The van der Waals surface area contributed by atoms with Gasteiger partial charge in [-0.05, 0) is 37.1 Å². The van der Waals surface area contributed by atoms with E-state index in [0.717, 1.165) is 17.9 Å². The van der Waals surface area contributed by atoms with Gasteiger partial charge in [0, 0.05) is 24.5 Å². The van der Waals surface area contributed by atoms with Crippen LogP contribution in [0.15, 0.2) is 42.5 Å². The molecule has 0 bridgehead atoms. The quantitative estimate of drug-likeness (QED) is 0.830. The molecule has 2 rings (SSSR count). The Kier molecular flexibility index (Phi) is 4.51. The van der Waals surface area contributed by atoms with Gasteiger partial charge in [-0.3, -0.25) is 0 Å². The number of ether oxygens (including phenoxy) is 1. The molecule has 0 heterocycles. The number of para-hydroxylation sites is 1. The molecule has 3 heteroatoms. The highest BCUT2D eigenvalue weighted by Crippen LogP contribution is 2.32. The Balaban J connectivity index is 2.30. The summed E-state index contributed by atoms with van der Waals surface area (Å²) in [6.07, 6.45) is 0.970. The number of nitrogens with two attached hydrogens (primary N) is 1. The molecule has 0 amide bonds. The molecule has 0 fully saturated rings. The van der Waals surface area contributed by atoms with Gasteiger partial charge in [-0.15, -0.1) is 0 Å². The number of rotatable bonds is 5. The molecule has 2 aromatic rings. The molecule has 20 heavy (non-hydrogen) atoms. The molecule has 0 saturated heterocycles. The molecule has 0 atom stereocenters. The summed E-state index contributed by atoms with van der Waals surface area (Å²) in [7, 11) is 2.05. The van der Waals surface area contributed by atoms with Crippen molar-refractivity contribution in [3.05, 3.63) is 48.0 Å². The molecule has 0 saturated carbocycles. The van der Waals surface area contributed by atoms with Crippen molar-refractivity contribution < 1.29 is 4.74 Å². The minimum Gasteiger partial charge on any atom is -0.491 e. The van der Waals surface area contributed by atoms with E-state index in [1.807, 2.05) is 30.3 Å². The number of nitrogens with zero attached hydrogens (tertiary/aromatic N) is 1. The van der Waals surface area contributed by atoms with Crippen LogP contribution in [-0.4, -0.2) is 13.7 Å². The summed E-state index contributed by atoms with van der Waals surface area (Å²) in [6.45, 7) is 4.87. The van der Waals surface area contributed by atoms with Crippen molar-refractivity contribution in [1.82, 2.24) is 0 Å². The minimum absolute atomic E-state index is 0.681. The normalized spacial score (nSPS) is 10.3. The molecule has 0 aromatic heterocycles. The fourth-order valence-electron chi connectivity index (χ4n) is 2.15. The first-order valence-electron chi connectivity index (χ1n) is 6.95. The van der Waals surface area contributed by atoms with E-state index in [0.29, 0.717) is 12.3 Å². The highest BCUT2D eigenvalue weighted by molar-refractivity contribution is 5.70. The third-order valence-electron chi connectivity index (χ3n) is 3.32. The zero-order valence-corrected chi connectivity index (χ0v) is 12.4. The van der Waals surface area contributed by atoms with Crippen LogP contribution in [0, 0.1) is 6.92 Å². The third kappa shape index (κ3) is 3.05. The van der Waals surface area contributed by atoms with Gasteiger partial charge in [0.2, 0.25) is 0 Å². The lowest BCUT2D eigenvalue weighted by molar-refractivity contribution is 0.319. The summed E-state index contributed by atoms with van der Waals surface area (Å²) in [5.41, 5.74) is 10.1. The van der Waals surface area contributed by atoms with E-state index < -0.39 is 0 Å². The minimum atomic E-state index is 0.681. The molecule has 3 nitrogen and oxygen atoms in total. The average Bonchev–Trinajstić information content (AvgIpc) is 2.46. The van der Waals surface area contributed by atoms with Crippen LogP contribution in [0.3, 0.4) is 0 Å². The van der Waals surface area contributed by atoms with Crippen LogP contribution in [0.2, 0.25) is 0 Å². The van der Waals surface area contributed by atoms with Crippen LogP contribution in [0.5, 0.6) is 5.75 Å². The lowest BCUT2D eigenvalue weighted by atomic mass is 10.1. The van der Waals surface area contributed by atoms with Crippen molar-refractivity contribution in [2.24, 2.45) is 0 Å². The van der Waals surface area contributed by atoms with Gasteiger partial charge in [0.15, 0.2) is 0 Å². The second kappa shape index (κ2) is 6.33. The maximum Gasteiger partial charge on any atom is 0.144 e. The van der Waals surface area contributed by atoms with E-state index in [1.54, 1.807) is 0 Å². The van der Waals surface area contributed by atoms with E-state index in [9.17, 15) is 0 Å². The summed E-state index contributed by atoms with van der Waals surface area (Å²) in [5, 5.41) is 0. The Bertz CT molecular complexity index is 581. The first-order valence-corrected chi connectivity index (χ1v) is 6.95. The van der Waals surface area contributed by atoms with Crippen LogP contribution in [-0.2, 0) is 0 Å². The Morgan fingerprint density at radius 2 is 1.90 bits per heavy atom. The number of hydrogen-bond donors (Lipinski definition) is 1. The van der Waals surface area contributed by atoms with Gasteiger partial charge in [-0.1, -0.05) is 25.1 Å². The van der Waals surface area contributed by atoms with Crippen molar-refractivity contribution in [3.8, 4) is 5.75 Å². The van der Waals surface area contributed by atoms with Gasteiger partial charge >= 0.3 is 0 Å².